The molecule has 0 amide bonds. The number of esters is 1. The zero-order valence-corrected chi connectivity index (χ0v) is 8.56. The summed E-state index contributed by atoms with van der Waals surface area (Å²) in [5.74, 6) is -1.79. The molecule has 0 bridgehead atoms. The van der Waals surface area contributed by atoms with Crippen LogP contribution in [-0.4, -0.2) is 23.7 Å². The molecular formula is C6H8O4Sm. The van der Waals surface area contributed by atoms with E-state index in [0.717, 1.165) is 12.2 Å². The van der Waals surface area contributed by atoms with E-state index < -0.39 is 11.9 Å². The van der Waals surface area contributed by atoms with Crippen LogP contribution in [0.25, 0.3) is 0 Å². The van der Waals surface area contributed by atoms with E-state index in [-0.39, 0.29) is 47.0 Å². The summed E-state index contributed by atoms with van der Waals surface area (Å²) >= 11 is 0. The molecule has 0 aliphatic carbocycles. The molecule has 62 valence electrons. The van der Waals surface area contributed by atoms with E-state index in [0.29, 0.717) is 0 Å². The van der Waals surface area contributed by atoms with Gasteiger partial charge in [0, 0.05) is 52.5 Å². The van der Waals surface area contributed by atoms with E-state index in [1.54, 1.807) is 6.92 Å². The van der Waals surface area contributed by atoms with E-state index in [2.05, 4.69) is 4.74 Å². The Kier molecular flexibility index (Phi) is 10.0. The molecule has 0 aromatic rings. The van der Waals surface area contributed by atoms with Gasteiger partial charge in [-0.2, -0.15) is 0 Å². The van der Waals surface area contributed by atoms with Crippen molar-refractivity contribution in [1.82, 2.24) is 0 Å². The number of ether oxygens (including phenoxy) is 1. The minimum atomic E-state index is -1.16. The maximum absolute atomic E-state index is 10.4. The molecule has 0 saturated carbocycles. The van der Waals surface area contributed by atoms with Crippen molar-refractivity contribution < 1.29 is 59.8 Å². The Hall–Kier alpha value is 0.0177. The van der Waals surface area contributed by atoms with Crippen LogP contribution in [0.2, 0.25) is 0 Å². The van der Waals surface area contributed by atoms with Gasteiger partial charge in [-0.3, -0.25) is 0 Å². The van der Waals surface area contributed by atoms with E-state index >= 15 is 0 Å². The molecule has 0 fully saturated rings. The molecule has 0 rings (SSSR count). The molecule has 0 radical (unpaired) electrons. The molecule has 11 heavy (non-hydrogen) atoms. The molecule has 0 aromatic carbocycles. The molecule has 0 heterocycles. The predicted octanol–water partition coefficient (Wildman–Crippen LogP) is 0.190. The number of rotatable bonds is 3. The van der Waals surface area contributed by atoms with Crippen molar-refractivity contribution in [2.75, 3.05) is 6.61 Å². The summed E-state index contributed by atoms with van der Waals surface area (Å²) in [4.78, 5) is 20.2. The van der Waals surface area contributed by atoms with Crippen molar-refractivity contribution >= 4 is 11.9 Å². The van der Waals surface area contributed by atoms with Crippen molar-refractivity contribution in [2.24, 2.45) is 0 Å². The molecule has 0 aliphatic rings. The zero-order valence-electron chi connectivity index (χ0n) is 5.94. The molecule has 0 aromatic heterocycles. The Bertz CT molecular complexity index is 164. The minimum absolute atomic E-state index is 0. The van der Waals surface area contributed by atoms with Crippen LogP contribution in [0.1, 0.15) is 6.92 Å². The van der Waals surface area contributed by atoms with Crippen LogP contribution in [0.15, 0.2) is 12.2 Å². The number of carbonyl (C=O) groups excluding carboxylic acids is 1. The van der Waals surface area contributed by atoms with Crippen LogP contribution in [-0.2, 0) is 14.3 Å². The van der Waals surface area contributed by atoms with Gasteiger partial charge in [-0.15, -0.1) is 0 Å². The van der Waals surface area contributed by atoms with Crippen LogP contribution in [0.5, 0.6) is 0 Å². The Morgan fingerprint density at radius 3 is 2.36 bits per heavy atom. The summed E-state index contributed by atoms with van der Waals surface area (Å²) in [7, 11) is 0. The zero-order chi connectivity index (χ0) is 7.98. The monoisotopic (exact) mass is 296 g/mol. The van der Waals surface area contributed by atoms with E-state index in [1.807, 2.05) is 0 Å². The van der Waals surface area contributed by atoms with Gasteiger partial charge in [0.2, 0.25) is 0 Å². The van der Waals surface area contributed by atoms with Gasteiger partial charge in [0.15, 0.2) is 0 Å². The third-order valence-corrected chi connectivity index (χ3v) is 0.649. The van der Waals surface area contributed by atoms with Crippen molar-refractivity contribution in [3.63, 3.8) is 0 Å². The third-order valence-electron chi connectivity index (χ3n) is 0.649. The van der Waals surface area contributed by atoms with E-state index in [1.165, 1.54) is 0 Å². The number of carbonyl (C=O) groups is 2. The predicted molar refractivity (Wildman–Crippen MR) is 33.4 cm³/mol. The largest absolute Gasteiger partial charge is 0.478 e. The Morgan fingerprint density at radius 1 is 1.45 bits per heavy atom. The van der Waals surface area contributed by atoms with Gasteiger partial charge in [-0.05, 0) is 6.92 Å². The normalized spacial score (nSPS) is 8.82. The molecule has 1 N–H and O–H groups in total. The number of hydrogen-bond donors (Lipinski definition) is 1. The quantitative estimate of drug-likeness (QED) is 0.596. The summed E-state index contributed by atoms with van der Waals surface area (Å²) in [6.45, 7) is 1.90. The molecule has 0 aliphatic heterocycles. The van der Waals surface area contributed by atoms with Gasteiger partial charge in [0.1, 0.15) is 0 Å². The van der Waals surface area contributed by atoms with Gasteiger partial charge < -0.3 is 9.84 Å². The number of hydrogen-bond acceptors (Lipinski definition) is 3. The topological polar surface area (TPSA) is 63.6 Å². The molecule has 0 unspecified atom stereocenters. The fourth-order valence-corrected chi connectivity index (χ4v) is 0.330. The first-order valence-electron chi connectivity index (χ1n) is 2.74. The average Bonchev–Trinajstić information content (AvgIpc) is 1.85. The van der Waals surface area contributed by atoms with Crippen molar-refractivity contribution in [2.45, 2.75) is 6.92 Å². The second kappa shape index (κ2) is 8.12. The Balaban J connectivity index is 0. The van der Waals surface area contributed by atoms with Crippen LogP contribution in [0.3, 0.4) is 0 Å². The van der Waals surface area contributed by atoms with Gasteiger partial charge >= 0.3 is 11.9 Å². The standard InChI is InChI=1S/C6H8O4.Sm/c1-2-10-6(9)4-3-5(7)8;/h3-4H,2H2,1H3,(H,7,8);/b4-3-;. The average molecular weight is 294 g/mol. The second-order valence-electron chi connectivity index (χ2n) is 1.42. The molecular weight excluding hydrogens is 286 g/mol. The van der Waals surface area contributed by atoms with E-state index in [9.17, 15) is 9.59 Å². The number of carboxylic acids is 1. The summed E-state index contributed by atoms with van der Waals surface area (Å²) in [6.07, 6.45) is 1.60. The minimum Gasteiger partial charge on any atom is -0.478 e. The first-order chi connectivity index (χ1) is 4.66. The molecule has 0 spiro atoms. The fourth-order valence-electron chi connectivity index (χ4n) is 0.330. The molecule has 0 saturated heterocycles. The van der Waals surface area contributed by atoms with Crippen molar-refractivity contribution in [3.8, 4) is 0 Å². The van der Waals surface area contributed by atoms with Crippen molar-refractivity contribution in [1.29, 1.82) is 0 Å². The summed E-state index contributed by atoms with van der Waals surface area (Å²) in [5.41, 5.74) is 0. The summed E-state index contributed by atoms with van der Waals surface area (Å²) < 4.78 is 4.40. The van der Waals surface area contributed by atoms with Gasteiger partial charge in [0.05, 0.1) is 6.61 Å². The summed E-state index contributed by atoms with van der Waals surface area (Å²) in [6, 6.07) is 0. The van der Waals surface area contributed by atoms with Crippen LogP contribution >= 0.6 is 0 Å². The van der Waals surface area contributed by atoms with Crippen LogP contribution < -0.4 is 0 Å². The van der Waals surface area contributed by atoms with Crippen LogP contribution in [0, 0.1) is 40.4 Å². The number of aliphatic carboxylic acids is 1. The van der Waals surface area contributed by atoms with Gasteiger partial charge in [-0.1, -0.05) is 0 Å². The molecule has 5 heteroatoms. The van der Waals surface area contributed by atoms with Gasteiger partial charge in [-0.25, -0.2) is 9.59 Å². The van der Waals surface area contributed by atoms with Gasteiger partial charge in [0.25, 0.3) is 0 Å². The molecule has 0 atom stereocenters. The van der Waals surface area contributed by atoms with E-state index in [4.69, 9.17) is 5.11 Å². The van der Waals surface area contributed by atoms with Crippen LogP contribution in [0.4, 0.5) is 0 Å². The maximum atomic E-state index is 10.4. The maximum Gasteiger partial charge on any atom is 0.330 e. The third kappa shape index (κ3) is 10.0. The summed E-state index contributed by atoms with van der Waals surface area (Å²) in [5, 5.41) is 8.04. The Labute approximate surface area is 96.7 Å². The fraction of sp³-hybridized carbons (Fsp3) is 0.333. The number of carboxylic acid groups (broad SMARTS) is 1. The first kappa shape index (κ1) is 13.6. The second-order valence-corrected chi connectivity index (χ2v) is 1.42. The first-order valence-corrected chi connectivity index (χ1v) is 2.74. The Morgan fingerprint density at radius 2 is 2.00 bits per heavy atom. The SMILES string of the molecule is CCOC(=O)/C=C\C(=O)O.[Sm]. The smallest absolute Gasteiger partial charge is 0.330 e. The van der Waals surface area contributed by atoms with Crippen molar-refractivity contribution in [3.05, 3.63) is 12.2 Å². The molecule has 4 nitrogen and oxygen atoms in total.